The van der Waals surface area contributed by atoms with Crippen LogP contribution in [0.1, 0.15) is 55.5 Å². The molecular formula is C23H30N5O5+. The standard InChI is InChI=1S/C23H29N5O5/c1-14(2)12-26-20-15(3-6-17(29)27-9-10-33-13-23(27)7-8-23)11-24-28(20)22(32)18(21(26)31)19(30)25-16-4-5-16/h3,6,11,14,16H,4-5,7-10,12-13H2,1-2H3,(H2,25,30,31,32)/p+1/b6-3+. The molecule has 2 amide bonds. The number of morpholine rings is 1. The average molecular weight is 457 g/mol. The summed E-state index contributed by atoms with van der Waals surface area (Å²) in [5, 5.41) is 16.7. The van der Waals surface area contributed by atoms with Crippen molar-refractivity contribution in [2.75, 3.05) is 19.8 Å². The maximum absolute atomic E-state index is 13.1. The first-order valence-electron chi connectivity index (χ1n) is 11.6. The molecule has 3 aliphatic rings. The van der Waals surface area contributed by atoms with Crippen LogP contribution in [-0.4, -0.2) is 62.8 Å². The summed E-state index contributed by atoms with van der Waals surface area (Å²) >= 11 is 0. The van der Waals surface area contributed by atoms with E-state index in [0.717, 1.165) is 25.7 Å². The Labute approximate surface area is 190 Å². The minimum Gasteiger partial charge on any atom is -0.477 e. The highest BCUT2D eigenvalue weighted by molar-refractivity contribution is 5.96. The van der Waals surface area contributed by atoms with E-state index >= 15 is 0 Å². The van der Waals surface area contributed by atoms with Crippen molar-refractivity contribution in [2.45, 2.75) is 57.7 Å². The molecule has 3 fully saturated rings. The molecule has 2 saturated carbocycles. The van der Waals surface area contributed by atoms with Gasteiger partial charge in [-0.15, -0.1) is 0 Å². The molecule has 0 bridgehead atoms. The Morgan fingerprint density at radius 2 is 2.15 bits per heavy atom. The van der Waals surface area contributed by atoms with Crippen molar-refractivity contribution >= 4 is 23.5 Å². The van der Waals surface area contributed by atoms with Gasteiger partial charge in [0.15, 0.2) is 0 Å². The lowest BCUT2D eigenvalue weighted by molar-refractivity contribution is -0.686. The third kappa shape index (κ3) is 3.92. The topological polar surface area (TPSA) is 120 Å². The van der Waals surface area contributed by atoms with Gasteiger partial charge in [0.1, 0.15) is 0 Å². The molecule has 3 heterocycles. The lowest BCUT2D eigenvalue weighted by Gasteiger charge is -2.35. The van der Waals surface area contributed by atoms with Crippen LogP contribution in [-0.2, 0) is 16.1 Å². The van der Waals surface area contributed by atoms with Crippen LogP contribution >= 0.6 is 0 Å². The summed E-state index contributed by atoms with van der Waals surface area (Å²) in [6, 6.07) is 0.0543. The van der Waals surface area contributed by atoms with Gasteiger partial charge in [0.25, 0.3) is 5.91 Å². The van der Waals surface area contributed by atoms with Crippen LogP contribution in [0.15, 0.2) is 17.1 Å². The van der Waals surface area contributed by atoms with Crippen LogP contribution in [0.2, 0.25) is 0 Å². The molecule has 0 aromatic carbocycles. The number of amides is 2. The highest BCUT2D eigenvalue weighted by Crippen LogP contribution is 2.43. The van der Waals surface area contributed by atoms with Gasteiger partial charge in [0.2, 0.25) is 11.5 Å². The molecule has 3 N–H and O–H groups in total. The summed E-state index contributed by atoms with van der Waals surface area (Å²) in [5.74, 6) is -0.899. The summed E-state index contributed by atoms with van der Waals surface area (Å²) in [6.07, 6.45) is 8.40. The molecule has 10 nitrogen and oxygen atoms in total. The van der Waals surface area contributed by atoms with Gasteiger partial charge < -0.3 is 20.1 Å². The molecule has 0 atom stereocenters. The van der Waals surface area contributed by atoms with Crippen molar-refractivity contribution in [3.05, 3.63) is 33.8 Å². The fraction of sp³-hybridized carbons (Fsp3) is 0.565. The number of fused-ring (bicyclic) bond motifs is 1. The number of nitrogens with zero attached hydrogens (tertiary/aromatic N) is 3. The Balaban J connectivity index is 1.53. The smallest absolute Gasteiger partial charge is 0.378 e. The number of rotatable bonds is 6. The summed E-state index contributed by atoms with van der Waals surface area (Å²) in [7, 11) is 0. The molecule has 5 rings (SSSR count). The molecule has 2 aliphatic carbocycles. The second kappa shape index (κ2) is 8.02. The maximum Gasteiger partial charge on any atom is 0.378 e. The first kappa shape index (κ1) is 21.7. The van der Waals surface area contributed by atoms with E-state index in [1.54, 1.807) is 16.8 Å². The van der Waals surface area contributed by atoms with E-state index in [4.69, 9.17) is 4.74 Å². The number of carbonyl (C=O) groups excluding carboxylic acids is 2. The normalized spacial score (nSPS) is 19.7. The average Bonchev–Trinajstić information content (AvgIpc) is 3.69. The van der Waals surface area contributed by atoms with Crippen molar-refractivity contribution in [3.8, 4) is 5.88 Å². The monoisotopic (exact) mass is 456 g/mol. The van der Waals surface area contributed by atoms with Gasteiger partial charge in [-0.1, -0.05) is 18.4 Å². The van der Waals surface area contributed by atoms with Crippen LogP contribution in [0.3, 0.4) is 0 Å². The van der Waals surface area contributed by atoms with Gasteiger partial charge in [0.05, 0.1) is 37.1 Å². The van der Waals surface area contributed by atoms with Crippen LogP contribution in [0, 0.1) is 5.92 Å². The molecule has 1 spiro atoms. The molecule has 10 heteroatoms. The van der Waals surface area contributed by atoms with Gasteiger partial charge in [-0.25, -0.2) is 9.89 Å². The molecule has 33 heavy (non-hydrogen) atoms. The van der Waals surface area contributed by atoms with E-state index in [2.05, 4.69) is 10.4 Å². The summed E-state index contributed by atoms with van der Waals surface area (Å²) in [6.45, 7) is 6.01. The molecule has 176 valence electrons. The van der Waals surface area contributed by atoms with Crippen LogP contribution in [0.5, 0.6) is 5.88 Å². The number of ether oxygens (including phenoxy) is 1. The Morgan fingerprint density at radius 3 is 2.82 bits per heavy atom. The SMILES string of the molecule is CC(C)C[n+]1c(O)c(C(=O)NC2CC2)c(=O)n2[nH]cc(/C=C/C(=O)N3CCOCC34CC4)c21. The van der Waals surface area contributed by atoms with Crippen LogP contribution in [0.4, 0.5) is 0 Å². The predicted molar refractivity (Wildman–Crippen MR) is 119 cm³/mol. The summed E-state index contributed by atoms with van der Waals surface area (Å²) in [5.41, 5.74) is -0.101. The number of H-pyrrole nitrogens is 1. The van der Waals surface area contributed by atoms with E-state index in [-0.39, 0.29) is 34.8 Å². The lowest BCUT2D eigenvalue weighted by Crippen LogP contribution is -2.50. The van der Waals surface area contributed by atoms with Crippen molar-refractivity contribution in [1.29, 1.82) is 0 Å². The number of carbonyl (C=O) groups is 2. The molecular weight excluding hydrogens is 426 g/mol. The molecule has 1 aliphatic heterocycles. The fourth-order valence-electron chi connectivity index (χ4n) is 4.49. The molecule has 0 radical (unpaired) electrons. The van der Waals surface area contributed by atoms with E-state index in [9.17, 15) is 19.5 Å². The largest absolute Gasteiger partial charge is 0.477 e. The Kier molecular flexibility index (Phi) is 5.27. The minimum atomic E-state index is -0.628. The third-order valence-corrected chi connectivity index (χ3v) is 6.56. The molecule has 1 saturated heterocycles. The zero-order chi connectivity index (χ0) is 23.3. The Morgan fingerprint density at radius 1 is 1.39 bits per heavy atom. The first-order chi connectivity index (χ1) is 15.8. The number of hydrogen-bond donors (Lipinski definition) is 3. The second-order valence-electron chi connectivity index (χ2n) is 9.74. The highest BCUT2D eigenvalue weighted by Gasteiger charge is 2.51. The van der Waals surface area contributed by atoms with Gasteiger partial charge in [0, 0.05) is 18.7 Å². The van der Waals surface area contributed by atoms with E-state index in [0.29, 0.717) is 37.5 Å². The molecule has 0 unspecified atom stereocenters. The fourth-order valence-corrected chi connectivity index (χ4v) is 4.49. The maximum atomic E-state index is 13.1. The number of aromatic nitrogens is 3. The Hall–Kier alpha value is -3.14. The first-order valence-corrected chi connectivity index (χ1v) is 11.6. The highest BCUT2D eigenvalue weighted by atomic mass is 16.5. The zero-order valence-corrected chi connectivity index (χ0v) is 19.0. The van der Waals surface area contributed by atoms with Crippen molar-refractivity contribution in [2.24, 2.45) is 5.92 Å². The summed E-state index contributed by atoms with van der Waals surface area (Å²) < 4.78 is 8.36. The van der Waals surface area contributed by atoms with Crippen LogP contribution in [0.25, 0.3) is 11.7 Å². The number of hydrogen-bond acceptors (Lipinski definition) is 5. The third-order valence-electron chi connectivity index (χ3n) is 6.56. The number of aromatic amines is 1. The van der Waals surface area contributed by atoms with Gasteiger partial charge in [-0.2, -0.15) is 4.57 Å². The van der Waals surface area contributed by atoms with Gasteiger partial charge >= 0.3 is 17.1 Å². The number of nitrogens with one attached hydrogen (secondary N) is 2. The predicted octanol–water partition coefficient (Wildman–Crippen LogP) is 0.574. The van der Waals surface area contributed by atoms with Crippen molar-refractivity contribution < 1.29 is 24.0 Å². The molecule has 2 aromatic rings. The van der Waals surface area contributed by atoms with Crippen molar-refractivity contribution in [1.82, 2.24) is 19.8 Å². The lowest BCUT2D eigenvalue weighted by atomic mass is 10.2. The Bertz CT molecular complexity index is 1200. The van der Waals surface area contributed by atoms with Gasteiger partial charge in [-0.05, 0) is 37.7 Å². The molecule has 2 aromatic heterocycles. The summed E-state index contributed by atoms with van der Waals surface area (Å²) in [4.78, 5) is 40.6. The van der Waals surface area contributed by atoms with Gasteiger partial charge in [-0.3, -0.25) is 9.59 Å². The van der Waals surface area contributed by atoms with E-state index in [1.165, 1.54) is 10.6 Å². The number of aromatic hydroxyl groups is 1. The van der Waals surface area contributed by atoms with E-state index in [1.807, 2.05) is 18.7 Å². The quantitative estimate of drug-likeness (QED) is 0.434. The second-order valence-corrected chi connectivity index (χ2v) is 9.74. The van der Waals surface area contributed by atoms with Crippen molar-refractivity contribution in [3.63, 3.8) is 0 Å². The van der Waals surface area contributed by atoms with Crippen LogP contribution < -0.4 is 15.4 Å². The zero-order valence-electron chi connectivity index (χ0n) is 19.0. The van der Waals surface area contributed by atoms with E-state index < -0.39 is 11.5 Å². The minimum absolute atomic E-state index is 0.0543.